The molecule has 0 aliphatic heterocycles. The van der Waals surface area contributed by atoms with Crippen LogP contribution in [0.3, 0.4) is 0 Å². The predicted octanol–water partition coefficient (Wildman–Crippen LogP) is 3.56. The van der Waals surface area contributed by atoms with Crippen LogP contribution in [0.1, 0.15) is 13.3 Å². The van der Waals surface area contributed by atoms with Gasteiger partial charge in [0, 0.05) is 6.07 Å². The molecule has 0 saturated carbocycles. The van der Waals surface area contributed by atoms with E-state index >= 15 is 0 Å². The van der Waals surface area contributed by atoms with Crippen molar-refractivity contribution < 1.29 is 26.7 Å². The van der Waals surface area contributed by atoms with E-state index in [9.17, 15) is 26.7 Å². The lowest BCUT2D eigenvalue weighted by Gasteiger charge is -2.38. The summed E-state index contributed by atoms with van der Waals surface area (Å²) in [5.74, 6) is -2.92. The van der Waals surface area contributed by atoms with E-state index in [1.165, 1.54) is 12.2 Å². The highest BCUT2D eigenvalue weighted by Gasteiger charge is 2.56. The molecule has 0 spiro atoms. The Balaban J connectivity index is 2.32. The summed E-state index contributed by atoms with van der Waals surface area (Å²) in [5.41, 5.74) is 3.39. The lowest BCUT2D eigenvalue weighted by atomic mass is 9.73. The first-order valence-electron chi connectivity index (χ1n) is 7.71. The van der Waals surface area contributed by atoms with Gasteiger partial charge in [0.2, 0.25) is 5.91 Å². The molecule has 0 saturated heterocycles. The van der Waals surface area contributed by atoms with Gasteiger partial charge in [-0.1, -0.05) is 23.8 Å². The number of amides is 1. The Morgan fingerprint density at radius 1 is 1.33 bits per heavy atom. The minimum absolute atomic E-state index is 0.293. The zero-order valence-corrected chi connectivity index (χ0v) is 14.8. The van der Waals surface area contributed by atoms with Crippen molar-refractivity contribution in [2.75, 3.05) is 5.32 Å². The molecule has 2 unspecified atom stereocenters. The molecule has 27 heavy (non-hydrogen) atoms. The molecular formula is C17H16F5N3OS. The molecule has 0 fully saturated rings. The number of carbonyl (C=O) groups is 1. The normalized spacial score (nSPS) is 20.6. The lowest BCUT2D eigenvalue weighted by molar-refractivity contribution is -0.178. The van der Waals surface area contributed by atoms with Gasteiger partial charge in [-0.15, -0.1) is 0 Å². The van der Waals surface area contributed by atoms with Crippen molar-refractivity contribution in [3.05, 3.63) is 53.6 Å². The van der Waals surface area contributed by atoms with Crippen molar-refractivity contribution in [3.63, 3.8) is 0 Å². The number of hydrogen-bond donors (Lipinski definition) is 3. The molecule has 0 bridgehead atoms. The standard InChI is InChI=1S/C17H16F5N3OS/c1-9-4-6-16(7-5-9,14(23)26)13(17(20,21)22)25-15(27)24-12-8-10(18)2-3-11(12)19/h2-6,8,13H,7H2,1H3,(H2,23,26)(H2,24,25,27). The SMILES string of the molecule is CC1=CCC(C(N)=O)(C(NC(=S)Nc2cc(F)ccc2F)C(F)(F)F)C=C1. The summed E-state index contributed by atoms with van der Waals surface area (Å²) in [5, 5.41) is 3.52. The molecule has 2 atom stereocenters. The van der Waals surface area contributed by atoms with E-state index in [2.05, 4.69) is 5.32 Å². The van der Waals surface area contributed by atoms with Crippen LogP contribution >= 0.6 is 12.2 Å². The Labute approximate surface area is 157 Å². The summed E-state index contributed by atoms with van der Waals surface area (Å²) < 4.78 is 68.0. The second-order valence-corrected chi connectivity index (χ2v) is 6.50. The third-order valence-electron chi connectivity index (χ3n) is 4.16. The lowest BCUT2D eigenvalue weighted by Crippen LogP contribution is -2.61. The van der Waals surface area contributed by atoms with Crippen LogP contribution in [0.4, 0.5) is 27.6 Å². The van der Waals surface area contributed by atoms with E-state index in [0.29, 0.717) is 5.57 Å². The van der Waals surface area contributed by atoms with Crippen LogP contribution in [0.15, 0.2) is 42.0 Å². The Hall–Kier alpha value is -2.49. The quantitative estimate of drug-likeness (QED) is 0.529. The van der Waals surface area contributed by atoms with E-state index in [-0.39, 0.29) is 6.42 Å². The topological polar surface area (TPSA) is 67.2 Å². The number of rotatable bonds is 4. The second-order valence-electron chi connectivity index (χ2n) is 6.09. The molecule has 2 rings (SSSR count). The van der Waals surface area contributed by atoms with Gasteiger partial charge in [0.1, 0.15) is 17.7 Å². The van der Waals surface area contributed by atoms with Gasteiger partial charge in [-0.3, -0.25) is 4.79 Å². The molecule has 1 aliphatic carbocycles. The minimum atomic E-state index is -4.91. The Morgan fingerprint density at radius 2 is 2.00 bits per heavy atom. The smallest absolute Gasteiger partial charge is 0.369 e. The second kappa shape index (κ2) is 7.63. The van der Waals surface area contributed by atoms with Crippen LogP contribution in [0.25, 0.3) is 0 Å². The highest BCUT2D eigenvalue weighted by molar-refractivity contribution is 7.80. The van der Waals surface area contributed by atoms with Crippen LogP contribution in [-0.4, -0.2) is 23.2 Å². The summed E-state index contributed by atoms with van der Waals surface area (Å²) >= 11 is 4.81. The van der Waals surface area contributed by atoms with Crippen molar-refractivity contribution in [3.8, 4) is 0 Å². The summed E-state index contributed by atoms with van der Waals surface area (Å²) in [6.07, 6.45) is -1.31. The molecule has 146 valence electrons. The number of nitrogens with one attached hydrogen (secondary N) is 2. The van der Waals surface area contributed by atoms with Crippen LogP contribution in [0.5, 0.6) is 0 Å². The predicted molar refractivity (Wildman–Crippen MR) is 94.7 cm³/mol. The van der Waals surface area contributed by atoms with Crippen LogP contribution in [0.2, 0.25) is 0 Å². The molecule has 4 nitrogen and oxygen atoms in total. The van der Waals surface area contributed by atoms with Gasteiger partial charge in [0.15, 0.2) is 5.11 Å². The fourth-order valence-electron chi connectivity index (χ4n) is 2.67. The zero-order chi connectivity index (χ0) is 20.4. The molecular weight excluding hydrogens is 389 g/mol. The van der Waals surface area contributed by atoms with Gasteiger partial charge in [0.25, 0.3) is 0 Å². The minimum Gasteiger partial charge on any atom is -0.369 e. The Kier molecular flexibility index (Phi) is 5.88. The Bertz CT molecular complexity index is 821. The number of anilines is 1. The average Bonchev–Trinajstić information content (AvgIpc) is 2.56. The largest absolute Gasteiger partial charge is 0.409 e. The number of halogens is 5. The number of nitrogens with two attached hydrogens (primary N) is 1. The van der Waals surface area contributed by atoms with E-state index in [1.807, 2.05) is 5.32 Å². The maximum absolute atomic E-state index is 13.7. The average molecular weight is 405 g/mol. The fraction of sp³-hybridized carbons (Fsp3) is 0.294. The highest BCUT2D eigenvalue weighted by Crippen LogP contribution is 2.41. The molecule has 0 aromatic heterocycles. The molecule has 10 heteroatoms. The van der Waals surface area contributed by atoms with Crippen molar-refractivity contribution in [1.29, 1.82) is 0 Å². The molecule has 1 amide bonds. The summed E-state index contributed by atoms with van der Waals surface area (Å²) in [7, 11) is 0. The maximum atomic E-state index is 13.7. The molecule has 1 aromatic carbocycles. The van der Waals surface area contributed by atoms with Gasteiger partial charge >= 0.3 is 6.18 Å². The number of benzene rings is 1. The van der Waals surface area contributed by atoms with Crippen molar-refractivity contribution in [1.82, 2.24) is 5.32 Å². The van der Waals surface area contributed by atoms with Gasteiger partial charge in [-0.05, 0) is 37.7 Å². The summed E-state index contributed by atoms with van der Waals surface area (Å²) in [6, 6.07) is -0.0922. The van der Waals surface area contributed by atoms with Gasteiger partial charge in [-0.25, -0.2) is 8.78 Å². The summed E-state index contributed by atoms with van der Waals surface area (Å²) in [6.45, 7) is 1.66. The molecule has 1 aliphatic rings. The fourth-order valence-corrected chi connectivity index (χ4v) is 2.90. The first-order valence-corrected chi connectivity index (χ1v) is 8.12. The third kappa shape index (κ3) is 4.62. The Morgan fingerprint density at radius 3 is 2.52 bits per heavy atom. The van der Waals surface area contributed by atoms with E-state index in [0.717, 1.165) is 24.3 Å². The van der Waals surface area contributed by atoms with Crippen molar-refractivity contribution in [2.45, 2.75) is 25.6 Å². The number of carbonyl (C=O) groups excluding carboxylic acids is 1. The van der Waals surface area contributed by atoms with Gasteiger partial charge < -0.3 is 16.4 Å². The van der Waals surface area contributed by atoms with Gasteiger partial charge in [-0.2, -0.15) is 13.2 Å². The number of primary amides is 1. The third-order valence-corrected chi connectivity index (χ3v) is 4.38. The maximum Gasteiger partial charge on any atom is 0.409 e. The molecule has 4 N–H and O–H groups in total. The van der Waals surface area contributed by atoms with E-state index < -0.39 is 46.0 Å². The molecule has 0 heterocycles. The van der Waals surface area contributed by atoms with Crippen LogP contribution < -0.4 is 16.4 Å². The monoisotopic (exact) mass is 405 g/mol. The van der Waals surface area contributed by atoms with Gasteiger partial charge in [0.05, 0.1) is 11.1 Å². The van der Waals surface area contributed by atoms with Crippen LogP contribution in [0, 0.1) is 17.0 Å². The number of allylic oxidation sites excluding steroid dienone is 3. The molecule has 1 aromatic rings. The molecule has 0 radical (unpaired) electrons. The summed E-state index contributed by atoms with van der Waals surface area (Å²) in [4.78, 5) is 11.9. The van der Waals surface area contributed by atoms with Crippen molar-refractivity contribution >= 4 is 28.9 Å². The first-order chi connectivity index (χ1) is 12.5. The number of alkyl halides is 3. The van der Waals surface area contributed by atoms with Crippen LogP contribution in [-0.2, 0) is 4.79 Å². The number of thiocarbonyl (C=S) groups is 1. The number of hydrogen-bond acceptors (Lipinski definition) is 2. The van der Waals surface area contributed by atoms with Crippen molar-refractivity contribution in [2.24, 2.45) is 11.1 Å². The van der Waals surface area contributed by atoms with E-state index in [4.69, 9.17) is 18.0 Å². The van der Waals surface area contributed by atoms with E-state index in [1.54, 1.807) is 6.92 Å². The first kappa shape index (κ1) is 20.8. The zero-order valence-electron chi connectivity index (χ0n) is 14.0. The highest BCUT2D eigenvalue weighted by atomic mass is 32.1.